The van der Waals surface area contributed by atoms with Crippen LogP contribution in [0.3, 0.4) is 0 Å². The zero-order valence-corrected chi connectivity index (χ0v) is 12.2. The van der Waals surface area contributed by atoms with Gasteiger partial charge >= 0.3 is 0 Å². The Balaban J connectivity index is 1.96. The van der Waals surface area contributed by atoms with Crippen molar-refractivity contribution in [1.29, 1.82) is 0 Å². The average molecular weight is 292 g/mol. The van der Waals surface area contributed by atoms with Gasteiger partial charge in [0.1, 0.15) is 0 Å². The number of rotatable bonds is 6. The maximum Gasteiger partial charge on any atom is 0.255 e. The summed E-state index contributed by atoms with van der Waals surface area (Å²) >= 11 is 0. The molecule has 21 heavy (non-hydrogen) atoms. The van der Waals surface area contributed by atoms with Crippen LogP contribution in [0, 0.1) is 0 Å². The number of methoxy groups -OCH3 is 1. The number of nitrogens with one attached hydrogen (secondary N) is 2. The minimum absolute atomic E-state index is 0.174. The van der Waals surface area contributed by atoms with Gasteiger partial charge in [0.05, 0.1) is 13.7 Å². The second-order valence-electron chi connectivity index (χ2n) is 4.83. The van der Waals surface area contributed by atoms with Gasteiger partial charge in [-0.15, -0.1) is 0 Å². The Morgan fingerprint density at radius 3 is 2.95 bits per heavy atom. The zero-order valence-electron chi connectivity index (χ0n) is 12.2. The highest BCUT2D eigenvalue weighted by molar-refractivity contribution is 5.81. The van der Waals surface area contributed by atoms with E-state index in [1.165, 1.54) is 0 Å². The van der Waals surface area contributed by atoms with E-state index < -0.39 is 5.91 Å². The predicted octanol–water partition coefficient (Wildman–Crippen LogP) is -0.00340. The summed E-state index contributed by atoms with van der Waals surface area (Å²) in [6, 6.07) is 5.87. The summed E-state index contributed by atoms with van der Waals surface area (Å²) in [6.07, 6.45) is 0. The van der Waals surface area contributed by atoms with Crippen LogP contribution in [0.15, 0.2) is 23.2 Å². The number of primary amides is 1. The van der Waals surface area contributed by atoms with Crippen LogP contribution in [0.2, 0.25) is 0 Å². The third-order valence-electron chi connectivity index (χ3n) is 2.96. The molecule has 0 fully saturated rings. The fraction of sp³-hybridized carbons (Fsp3) is 0.429. The summed E-state index contributed by atoms with van der Waals surface area (Å²) in [5, 5.41) is 6.45. The molecule has 2 rings (SSSR count). The molecule has 0 spiro atoms. The molecule has 7 nitrogen and oxygen atoms in total. The molecule has 1 unspecified atom stereocenters. The van der Waals surface area contributed by atoms with Gasteiger partial charge in [0.25, 0.3) is 5.91 Å². The second-order valence-corrected chi connectivity index (χ2v) is 4.83. The van der Waals surface area contributed by atoms with Crippen LogP contribution in [0.1, 0.15) is 12.5 Å². The first-order valence-electron chi connectivity index (χ1n) is 6.71. The molecule has 1 atom stereocenters. The quantitative estimate of drug-likeness (QED) is 0.685. The van der Waals surface area contributed by atoms with E-state index in [9.17, 15) is 4.79 Å². The van der Waals surface area contributed by atoms with Crippen molar-refractivity contribution >= 4 is 11.9 Å². The van der Waals surface area contributed by atoms with Gasteiger partial charge in [-0.3, -0.25) is 9.79 Å². The van der Waals surface area contributed by atoms with Crippen LogP contribution in [-0.2, 0) is 11.3 Å². The number of carbonyl (C=O) groups excluding carboxylic acids is 1. The molecule has 1 aromatic carbocycles. The third-order valence-corrected chi connectivity index (χ3v) is 2.96. The van der Waals surface area contributed by atoms with Gasteiger partial charge in [0.2, 0.25) is 0 Å². The molecule has 1 aliphatic heterocycles. The van der Waals surface area contributed by atoms with Gasteiger partial charge in [0, 0.05) is 12.6 Å². The number of guanidine groups is 1. The number of nitrogens with two attached hydrogens (primary N) is 1. The lowest BCUT2D eigenvalue weighted by atomic mass is 10.2. The first-order valence-corrected chi connectivity index (χ1v) is 6.71. The van der Waals surface area contributed by atoms with Gasteiger partial charge < -0.3 is 25.8 Å². The van der Waals surface area contributed by atoms with E-state index in [0.29, 0.717) is 24.1 Å². The van der Waals surface area contributed by atoms with E-state index in [-0.39, 0.29) is 6.61 Å². The van der Waals surface area contributed by atoms with E-state index in [4.69, 9.17) is 15.2 Å². The second kappa shape index (κ2) is 6.83. The Morgan fingerprint density at radius 1 is 1.52 bits per heavy atom. The fourth-order valence-electron chi connectivity index (χ4n) is 1.94. The molecular weight excluding hydrogens is 272 g/mol. The van der Waals surface area contributed by atoms with Crippen LogP contribution >= 0.6 is 0 Å². The van der Waals surface area contributed by atoms with Gasteiger partial charge in [-0.2, -0.15) is 0 Å². The summed E-state index contributed by atoms with van der Waals surface area (Å²) < 4.78 is 10.5. The van der Waals surface area contributed by atoms with Crippen molar-refractivity contribution in [3.05, 3.63) is 23.8 Å². The minimum atomic E-state index is -0.526. The molecule has 0 saturated carbocycles. The molecule has 114 valence electrons. The van der Waals surface area contributed by atoms with E-state index in [0.717, 1.165) is 18.1 Å². The molecule has 0 bridgehead atoms. The highest BCUT2D eigenvalue weighted by Crippen LogP contribution is 2.27. The number of hydrogen-bond acceptors (Lipinski definition) is 6. The standard InChI is InChI=1S/C14H20N4O3/c1-9-6-16-14(18-9)17-7-10-3-4-11(12(5-10)20-2)21-8-13(15)19/h3-5,9H,6-8H2,1-2H3,(H2,15,19)(H2,16,17,18). The molecule has 1 aliphatic rings. The van der Waals surface area contributed by atoms with Crippen molar-refractivity contribution in [3.63, 3.8) is 0 Å². The maximum atomic E-state index is 10.7. The highest BCUT2D eigenvalue weighted by atomic mass is 16.5. The molecule has 0 radical (unpaired) electrons. The Hall–Kier alpha value is -2.44. The number of ether oxygens (including phenoxy) is 2. The average Bonchev–Trinajstić information content (AvgIpc) is 2.88. The summed E-state index contributed by atoms with van der Waals surface area (Å²) in [4.78, 5) is 15.1. The largest absolute Gasteiger partial charge is 0.493 e. The normalized spacial score (nSPS) is 16.9. The Bertz CT molecular complexity index is 545. The summed E-state index contributed by atoms with van der Waals surface area (Å²) in [5.74, 6) is 1.33. The number of hydrogen-bond donors (Lipinski definition) is 3. The number of benzene rings is 1. The molecule has 0 saturated heterocycles. The molecule has 1 amide bonds. The lowest BCUT2D eigenvalue weighted by Crippen LogP contribution is -2.37. The first-order chi connectivity index (χ1) is 10.1. The van der Waals surface area contributed by atoms with Crippen LogP contribution in [-0.4, -0.2) is 38.2 Å². The topological polar surface area (TPSA) is 98.0 Å². The van der Waals surface area contributed by atoms with Crippen molar-refractivity contribution in [2.75, 3.05) is 20.3 Å². The van der Waals surface area contributed by atoms with Crippen molar-refractivity contribution in [3.8, 4) is 11.5 Å². The summed E-state index contributed by atoms with van der Waals surface area (Å²) in [7, 11) is 1.55. The van der Waals surface area contributed by atoms with Gasteiger partial charge in [0.15, 0.2) is 24.1 Å². The molecule has 1 aromatic rings. The Kier molecular flexibility index (Phi) is 4.86. The summed E-state index contributed by atoms with van der Waals surface area (Å²) in [5.41, 5.74) is 6.07. The molecule has 7 heteroatoms. The van der Waals surface area contributed by atoms with Crippen LogP contribution in [0.25, 0.3) is 0 Å². The lowest BCUT2D eigenvalue weighted by molar-refractivity contribution is -0.119. The third kappa shape index (κ3) is 4.27. The van der Waals surface area contributed by atoms with E-state index in [2.05, 4.69) is 22.5 Å². The molecule has 0 aromatic heterocycles. The van der Waals surface area contributed by atoms with Crippen molar-refractivity contribution < 1.29 is 14.3 Å². The van der Waals surface area contributed by atoms with Gasteiger partial charge in [-0.1, -0.05) is 6.07 Å². The smallest absolute Gasteiger partial charge is 0.255 e. The SMILES string of the molecule is COc1cc(CNC2=NCC(C)N2)ccc1OCC(N)=O. The van der Waals surface area contributed by atoms with E-state index in [1.54, 1.807) is 13.2 Å². The molecule has 4 N–H and O–H groups in total. The Labute approximate surface area is 123 Å². The molecular formula is C14H20N4O3. The fourth-order valence-corrected chi connectivity index (χ4v) is 1.94. The molecule has 0 aliphatic carbocycles. The number of aliphatic imine (C=N–C) groups is 1. The minimum Gasteiger partial charge on any atom is -0.493 e. The lowest BCUT2D eigenvalue weighted by Gasteiger charge is -2.12. The van der Waals surface area contributed by atoms with Gasteiger partial charge in [-0.25, -0.2) is 0 Å². The van der Waals surface area contributed by atoms with Crippen molar-refractivity contribution in [2.24, 2.45) is 10.7 Å². The zero-order chi connectivity index (χ0) is 15.2. The van der Waals surface area contributed by atoms with Crippen LogP contribution < -0.4 is 25.8 Å². The number of amides is 1. The number of nitrogens with zero attached hydrogens (tertiary/aromatic N) is 1. The molecule has 1 heterocycles. The van der Waals surface area contributed by atoms with Crippen LogP contribution in [0.4, 0.5) is 0 Å². The first kappa shape index (κ1) is 15.0. The Morgan fingerprint density at radius 2 is 2.33 bits per heavy atom. The number of carbonyl (C=O) groups is 1. The van der Waals surface area contributed by atoms with Crippen molar-refractivity contribution in [2.45, 2.75) is 19.5 Å². The van der Waals surface area contributed by atoms with E-state index in [1.807, 2.05) is 12.1 Å². The predicted molar refractivity (Wildman–Crippen MR) is 79.4 cm³/mol. The monoisotopic (exact) mass is 292 g/mol. The van der Waals surface area contributed by atoms with E-state index >= 15 is 0 Å². The van der Waals surface area contributed by atoms with Crippen molar-refractivity contribution in [1.82, 2.24) is 10.6 Å². The van der Waals surface area contributed by atoms with Crippen LogP contribution in [0.5, 0.6) is 11.5 Å². The van der Waals surface area contributed by atoms with Gasteiger partial charge in [-0.05, 0) is 24.6 Å². The maximum absolute atomic E-state index is 10.7. The highest BCUT2D eigenvalue weighted by Gasteiger charge is 2.12. The summed E-state index contributed by atoms with van der Waals surface area (Å²) in [6.45, 7) is 3.30.